The number of piperazine rings is 1. The van der Waals surface area contributed by atoms with Gasteiger partial charge in [-0.15, -0.1) is 0 Å². The number of nitrogens with two attached hydrogens (primary N) is 1. The third-order valence-electron chi connectivity index (χ3n) is 5.99. The lowest BCUT2D eigenvalue weighted by Crippen LogP contribution is -2.51. The van der Waals surface area contributed by atoms with Gasteiger partial charge in [0.05, 0.1) is 37.1 Å². The number of cyclic esters (lactones) is 1. The van der Waals surface area contributed by atoms with Crippen molar-refractivity contribution in [3.8, 4) is 0 Å². The van der Waals surface area contributed by atoms with Gasteiger partial charge in [0, 0.05) is 26.2 Å². The van der Waals surface area contributed by atoms with Crippen LogP contribution in [0.2, 0.25) is 0 Å². The van der Waals surface area contributed by atoms with E-state index < -0.39 is 34.7 Å². The summed E-state index contributed by atoms with van der Waals surface area (Å²) in [5.41, 5.74) is 6.07. The molecule has 2 saturated heterocycles. The summed E-state index contributed by atoms with van der Waals surface area (Å²) in [4.78, 5) is 51.3. The van der Waals surface area contributed by atoms with Gasteiger partial charge in [-0.1, -0.05) is 0 Å². The van der Waals surface area contributed by atoms with Crippen LogP contribution in [0.5, 0.6) is 0 Å². The molecule has 4 rings (SSSR count). The Kier molecular flexibility index (Phi) is 7.90. The second-order valence-electron chi connectivity index (χ2n) is 8.44. The molecule has 202 valence electrons. The monoisotopic (exact) mass is 549 g/mol. The highest BCUT2D eigenvalue weighted by atomic mass is 32.1. The van der Waals surface area contributed by atoms with Crippen molar-refractivity contribution in [2.75, 3.05) is 55.6 Å². The van der Waals surface area contributed by atoms with E-state index in [1.165, 1.54) is 15.9 Å². The van der Waals surface area contributed by atoms with Crippen LogP contribution in [0.3, 0.4) is 0 Å². The lowest BCUT2D eigenvalue weighted by molar-refractivity contribution is -0.402. The van der Waals surface area contributed by atoms with Crippen LogP contribution in [0.1, 0.15) is 10.6 Å². The summed E-state index contributed by atoms with van der Waals surface area (Å²) in [6.45, 7) is 1.40. The molecule has 0 aliphatic carbocycles. The molecule has 0 bridgehead atoms. The summed E-state index contributed by atoms with van der Waals surface area (Å²) >= 11 is 4.74. The van der Waals surface area contributed by atoms with Crippen LogP contribution in [-0.2, 0) is 9.53 Å². The highest BCUT2D eigenvalue weighted by Crippen LogP contribution is 2.28. The fourth-order valence-electron chi connectivity index (χ4n) is 4.07. The molecular weight excluding hydrogens is 525 g/mol. The number of benzene rings is 1. The van der Waals surface area contributed by atoms with Crippen LogP contribution >= 0.6 is 12.2 Å². The molecule has 2 aliphatic heterocycles. The van der Waals surface area contributed by atoms with Crippen LogP contribution in [0, 0.1) is 15.9 Å². The summed E-state index contributed by atoms with van der Waals surface area (Å²) in [5, 5.41) is 15.9. The quantitative estimate of drug-likeness (QED) is 0.238. The molecule has 4 N–H and O–H groups in total. The molecule has 0 unspecified atom stereocenters. The van der Waals surface area contributed by atoms with Crippen LogP contribution in [0.4, 0.5) is 26.4 Å². The van der Waals surface area contributed by atoms with Crippen LogP contribution in [0.25, 0.3) is 0 Å². The van der Waals surface area contributed by atoms with Gasteiger partial charge in [0.15, 0.2) is 10.9 Å². The maximum absolute atomic E-state index is 15.0. The van der Waals surface area contributed by atoms with E-state index in [1.54, 1.807) is 17.0 Å². The summed E-state index contributed by atoms with van der Waals surface area (Å²) in [6, 6.07) is 6.64. The number of rotatable bonds is 8. The van der Waals surface area contributed by atoms with E-state index in [0.717, 1.165) is 12.1 Å². The number of carbonyl (C=O) groups excluding carboxylic acids is 3. The first-order valence-corrected chi connectivity index (χ1v) is 11.9. The molecule has 0 radical (unpaired) electrons. The van der Waals surface area contributed by atoms with Gasteiger partial charge in [0.25, 0.3) is 5.91 Å². The van der Waals surface area contributed by atoms with E-state index in [0.29, 0.717) is 24.5 Å². The topological polar surface area (TPSA) is 177 Å². The van der Waals surface area contributed by atoms with Gasteiger partial charge in [-0.25, -0.2) is 9.18 Å². The summed E-state index contributed by atoms with van der Waals surface area (Å²) in [6.07, 6.45) is -1.09. The first kappa shape index (κ1) is 26.6. The molecule has 3 heterocycles. The van der Waals surface area contributed by atoms with Gasteiger partial charge in [0.2, 0.25) is 5.91 Å². The van der Waals surface area contributed by atoms with Crippen molar-refractivity contribution in [3.63, 3.8) is 0 Å². The van der Waals surface area contributed by atoms with Gasteiger partial charge < -0.3 is 35.3 Å². The molecule has 2 aromatic rings. The molecule has 14 nitrogen and oxygen atoms in total. The number of thiocarbonyl (C=S) groups is 1. The number of furan rings is 1. The zero-order valence-electron chi connectivity index (χ0n) is 19.9. The lowest BCUT2D eigenvalue weighted by atomic mass is 10.2. The summed E-state index contributed by atoms with van der Waals surface area (Å²) in [5.74, 6) is -2.49. The van der Waals surface area contributed by atoms with Gasteiger partial charge in [-0.3, -0.25) is 24.6 Å². The minimum atomic E-state index is -0.771. The van der Waals surface area contributed by atoms with Gasteiger partial charge >= 0.3 is 12.0 Å². The normalized spacial score (nSPS) is 17.2. The number of ether oxygens (including phenoxy) is 1. The number of nitrogens with zero attached hydrogens (tertiary/aromatic N) is 4. The van der Waals surface area contributed by atoms with E-state index in [-0.39, 0.29) is 49.5 Å². The molecule has 0 saturated carbocycles. The maximum atomic E-state index is 15.0. The number of hydrogen-bond donors (Lipinski definition) is 3. The Labute approximate surface area is 220 Å². The number of amides is 3. The predicted octanol–water partition coefficient (Wildman–Crippen LogP) is 0.564. The zero-order chi connectivity index (χ0) is 27.4. The first-order valence-electron chi connectivity index (χ1n) is 11.5. The Morgan fingerprint density at radius 2 is 1.92 bits per heavy atom. The SMILES string of the molecule is NC(=S)NC[C@H]1CN(c2ccc(N3CCN(C(=O)CNC(=O)c4ccc([N+](=O)[O-])o4)CC3)c(F)c2)C(=O)O1. The van der Waals surface area contributed by atoms with Gasteiger partial charge in [-0.05, 0) is 36.5 Å². The fraction of sp³-hybridized carbons (Fsp3) is 0.364. The standard InChI is InChI=1S/C22H24FN7O7S/c23-15-9-13(29-12-14(36-22(29)33)10-26-21(24)38)1-2-16(15)27-5-7-28(8-6-27)18(31)11-25-20(32)17-3-4-19(37-17)30(34)35/h1-4,9,14H,5-8,10-12H2,(H,25,32)(H3,24,26,38)/t14-/m0/s1. The molecule has 16 heteroatoms. The van der Waals surface area contributed by atoms with Crippen molar-refractivity contribution in [2.45, 2.75) is 6.10 Å². The summed E-state index contributed by atoms with van der Waals surface area (Å²) < 4.78 is 25.1. The van der Waals surface area contributed by atoms with Crippen LogP contribution in [0.15, 0.2) is 34.7 Å². The largest absolute Gasteiger partial charge is 0.442 e. The molecule has 1 aromatic heterocycles. The van der Waals surface area contributed by atoms with Crippen molar-refractivity contribution in [1.82, 2.24) is 15.5 Å². The minimum Gasteiger partial charge on any atom is -0.442 e. The predicted molar refractivity (Wildman–Crippen MR) is 135 cm³/mol. The molecular formula is C22H24FN7O7S. The smallest absolute Gasteiger partial charge is 0.433 e. The zero-order valence-corrected chi connectivity index (χ0v) is 20.7. The third-order valence-corrected chi connectivity index (χ3v) is 6.13. The molecule has 1 aromatic carbocycles. The number of hydrogen-bond acceptors (Lipinski definition) is 9. The Hall–Kier alpha value is -4.47. The van der Waals surface area contributed by atoms with E-state index in [1.807, 2.05) is 0 Å². The number of halogens is 1. The van der Waals surface area contributed by atoms with Crippen molar-refractivity contribution in [1.29, 1.82) is 0 Å². The number of carbonyl (C=O) groups is 3. The maximum Gasteiger partial charge on any atom is 0.433 e. The number of nitrogens with one attached hydrogen (secondary N) is 2. The highest BCUT2D eigenvalue weighted by molar-refractivity contribution is 7.80. The molecule has 0 spiro atoms. The van der Waals surface area contributed by atoms with E-state index in [9.17, 15) is 28.9 Å². The first-order chi connectivity index (χ1) is 18.1. The second kappa shape index (κ2) is 11.3. The van der Waals surface area contributed by atoms with Crippen molar-refractivity contribution in [3.05, 3.63) is 52.0 Å². The Balaban J connectivity index is 1.27. The Morgan fingerprint density at radius 1 is 1.18 bits per heavy atom. The second-order valence-corrected chi connectivity index (χ2v) is 8.88. The lowest BCUT2D eigenvalue weighted by Gasteiger charge is -2.36. The third kappa shape index (κ3) is 6.08. The van der Waals surface area contributed by atoms with Crippen molar-refractivity contribution >= 4 is 52.5 Å². The van der Waals surface area contributed by atoms with Crippen molar-refractivity contribution in [2.24, 2.45) is 5.73 Å². The number of nitro groups is 1. The summed E-state index contributed by atoms with van der Waals surface area (Å²) in [7, 11) is 0. The van der Waals surface area contributed by atoms with Crippen LogP contribution in [-0.4, -0.2) is 84.8 Å². The highest BCUT2D eigenvalue weighted by Gasteiger charge is 2.33. The molecule has 3 amide bonds. The average molecular weight is 550 g/mol. The number of anilines is 2. The van der Waals surface area contributed by atoms with Gasteiger partial charge in [0.1, 0.15) is 16.8 Å². The van der Waals surface area contributed by atoms with E-state index in [2.05, 4.69) is 10.6 Å². The average Bonchev–Trinajstić information content (AvgIpc) is 3.53. The minimum absolute atomic E-state index is 0.0867. The fourth-order valence-corrected chi connectivity index (χ4v) is 4.16. The van der Waals surface area contributed by atoms with Crippen LogP contribution < -0.4 is 26.2 Å². The van der Waals surface area contributed by atoms with Gasteiger partial charge in [-0.2, -0.15) is 0 Å². The molecule has 38 heavy (non-hydrogen) atoms. The molecule has 2 fully saturated rings. The van der Waals surface area contributed by atoms with E-state index in [4.69, 9.17) is 27.1 Å². The van der Waals surface area contributed by atoms with E-state index >= 15 is 0 Å². The Bertz CT molecular complexity index is 1260. The van der Waals surface area contributed by atoms with Crippen molar-refractivity contribution < 1.29 is 32.9 Å². The Morgan fingerprint density at radius 3 is 2.55 bits per heavy atom. The molecule has 2 aliphatic rings. The molecule has 1 atom stereocenters.